The zero-order valence-electron chi connectivity index (χ0n) is 10.2. The Kier molecular flexibility index (Phi) is 4.74. The van der Waals surface area contributed by atoms with Crippen LogP contribution in [0.15, 0.2) is 22.3 Å². The van der Waals surface area contributed by atoms with E-state index in [9.17, 15) is 0 Å². The molecule has 1 atom stereocenters. The molecule has 0 amide bonds. The average molecular weight is 237 g/mol. The van der Waals surface area contributed by atoms with Crippen molar-refractivity contribution >= 4 is 0 Å². The third-order valence-electron chi connectivity index (χ3n) is 3.86. The van der Waals surface area contributed by atoms with Gasteiger partial charge in [-0.15, -0.1) is 5.57 Å². The van der Waals surface area contributed by atoms with Crippen molar-refractivity contribution in [2.24, 2.45) is 5.92 Å². The molecule has 0 saturated carbocycles. The van der Waals surface area contributed by atoms with Crippen LogP contribution < -0.4 is 0 Å². The van der Waals surface area contributed by atoms with Gasteiger partial charge >= 0.3 is 0 Å². The molecule has 2 aliphatic rings. The Morgan fingerprint density at radius 1 is 1.33 bits per heavy atom. The predicted molar refractivity (Wildman–Crippen MR) is 61.9 cm³/mol. The maximum atomic E-state index is 2.47. The van der Waals surface area contributed by atoms with E-state index in [1.807, 2.05) is 0 Å². The first kappa shape index (κ1) is 13.1. The molecule has 0 aromatic heterocycles. The fourth-order valence-corrected chi connectivity index (χ4v) is 3.21. The molecule has 0 saturated heterocycles. The van der Waals surface area contributed by atoms with Gasteiger partial charge in [0.25, 0.3) is 0 Å². The van der Waals surface area contributed by atoms with Gasteiger partial charge in [0.2, 0.25) is 0 Å². The van der Waals surface area contributed by atoms with Crippen molar-refractivity contribution in [1.29, 1.82) is 0 Å². The van der Waals surface area contributed by atoms with E-state index in [4.69, 9.17) is 0 Å². The second-order valence-corrected chi connectivity index (χ2v) is 4.50. The standard InChI is InChI=1S/C14H21.Ti/c1-4-11-10(3)13-8-6-7-9-14(13)12(11)5-2;/h8,12H,4-7,9H2,1-3H3;/q-1;. The maximum absolute atomic E-state index is 2.47. The summed E-state index contributed by atoms with van der Waals surface area (Å²) in [5.41, 5.74) is 6.71. The van der Waals surface area contributed by atoms with Gasteiger partial charge in [0.05, 0.1) is 0 Å². The summed E-state index contributed by atoms with van der Waals surface area (Å²) in [7, 11) is 0. The normalized spacial score (nSPS) is 24.9. The van der Waals surface area contributed by atoms with E-state index in [-0.39, 0.29) is 21.7 Å². The summed E-state index contributed by atoms with van der Waals surface area (Å²) in [5, 5.41) is 0. The van der Waals surface area contributed by atoms with Crippen LogP contribution in [0.4, 0.5) is 0 Å². The van der Waals surface area contributed by atoms with Gasteiger partial charge in [0.1, 0.15) is 0 Å². The molecule has 82 valence electrons. The number of hydrogen-bond acceptors (Lipinski definition) is 0. The van der Waals surface area contributed by atoms with Crippen LogP contribution in [0.5, 0.6) is 0 Å². The molecule has 0 N–H and O–H groups in total. The van der Waals surface area contributed by atoms with E-state index in [0.29, 0.717) is 0 Å². The van der Waals surface area contributed by atoms with E-state index in [1.54, 1.807) is 22.3 Å². The third-order valence-corrected chi connectivity index (χ3v) is 3.86. The minimum atomic E-state index is 0. The van der Waals surface area contributed by atoms with Crippen LogP contribution in [0, 0.1) is 12.3 Å². The Hall–Kier alpha value is 0.0643. The molecule has 0 aromatic carbocycles. The molecule has 1 unspecified atom stereocenters. The summed E-state index contributed by atoms with van der Waals surface area (Å²) in [5.74, 6) is 0.798. The molecule has 15 heavy (non-hydrogen) atoms. The Labute approximate surface area is 109 Å². The molecule has 0 fully saturated rings. The molecular formula is C14H21Ti-. The Balaban J connectivity index is 0.00000112. The van der Waals surface area contributed by atoms with E-state index < -0.39 is 0 Å². The van der Waals surface area contributed by atoms with Gasteiger partial charge in [0, 0.05) is 21.7 Å². The monoisotopic (exact) mass is 237 g/mol. The summed E-state index contributed by atoms with van der Waals surface area (Å²) in [6.45, 7) is 6.96. The third kappa shape index (κ3) is 2.12. The van der Waals surface area contributed by atoms with E-state index in [2.05, 4.69) is 27.2 Å². The molecule has 1 heteroatoms. The SMILES string of the molecule is CCC1=C(C)C2=C(CCC[CH-]2)C1CC.[Ti]. The van der Waals surface area contributed by atoms with Crippen LogP contribution in [0.1, 0.15) is 52.9 Å². The molecule has 2 rings (SSSR count). The van der Waals surface area contributed by atoms with Crippen LogP contribution in [-0.4, -0.2) is 0 Å². The van der Waals surface area contributed by atoms with E-state index >= 15 is 0 Å². The molecular weight excluding hydrogens is 216 g/mol. The van der Waals surface area contributed by atoms with Gasteiger partial charge in [-0.1, -0.05) is 52.4 Å². The first-order valence-electron chi connectivity index (χ1n) is 6.05. The van der Waals surface area contributed by atoms with Crippen LogP contribution in [-0.2, 0) is 21.7 Å². The van der Waals surface area contributed by atoms with E-state index in [1.165, 1.54) is 32.1 Å². The zero-order chi connectivity index (χ0) is 10.1. The van der Waals surface area contributed by atoms with Crippen molar-refractivity contribution in [3.63, 3.8) is 0 Å². The van der Waals surface area contributed by atoms with Crippen molar-refractivity contribution in [3.05, 3.63) is 28.7 Å². The van der Waals surface area contributed by atoms with Gasteiger partial charge in [0.15, 0.2) is 0 Å². The number of rotatable bonds is 2. The fourth-order valence-electron chi connectivity index (χ4n) is 3.21. The number of allylic oxidation sites excluding steroid dienone is 4. The van der Waals surface area contributed by atoms with E-state index in [0.717, 1.165) is 5.92 Å². The number of hydrogen-bond donors (Lipinski definition) is 0. The largest absolute Gasteiger partial charge is 0.189 e. The van der Waals surface area contributed by atoms with Crippen molar-refractivity contribution in [2.45, 2.75) is 52.9 Å². The van der Waals surface area contributed by atoms with Crippen LogP contribution >= 0.6 is 0 Å². The van der Waals surface area contributed by atoms with Crippen LogP contribution in [0.2, 0.25) is 0 Å². The van der Waals surface area contributed by atoms with Crippen molar-refractivity contribution in [2.75, 3.05) is 0 Å². The summed E-state index contributed by atoms with van der Waals surface area (Å²) >= 11 is 0. The second kappa shape index (κ2) is 5.41. The van der Waals surface area contributed by atoms with Crippen LogP contribution in [0.3, 0.4) is 0 Å². The van der Waals surface area contributed by atoms with Gasteiger partial charge in [-0.25, -0.2) is 0 Å². The molecule has 0 bridgehead atoms. The summed E-state index contributed by atoms with van der Waals surface area (Å²) in [6.07, 6.45) is 9.03. The quantitative estimate of drug-likeness (QED) is 0.492. The molecule has 0 radical (unpaired) electrons. The molecule has 0 aromatic rings. The maximum Gasteiger partial charge on any atom is 0 e. The Morgan fingerprint density at radius 2 is 2.07 bits per heavy atom. The summed E-state index contributed by atoms with van der Waals surface area (Å²) < 4.78 is 0. The molecule has 0 heterocycles. The smallest absolute Gasteiger partial charge is 0 e. The topological polar surface area (TPSA) is 0 Å². The fraction of sp³-hybridized carbons (Fsp3) is 0.643. The molecule has 0 nitrogen and oxygen atoms in total. The van der Waals surface area contributed by atoms with Crippen LogP contribution in [0.25, 0.3) is 0 Å². The van der Waals surface area contributed by atoms with Gasteiger partial charge in [-0.3, -0.25) is 0 Å². The predicted octanol–water partition coefficient (Wildman–Crippen LogP) is 4.43. The van der Waals surface area contributed by atoms with Crippen molar-refractivity contribution in [1.82, 2.24) is 0 Å². The molecule has 0 aliphatic heterocycles. The van der Waals surface area contributed by atoms with Gasteiger partial charge in [-0.05, 0) is 6.42 Å². The Morgan fingerprint density at radius 3 is 2.67 bits per heavy atom. The summed E-state index contributed by atoms with van der Waals surface area (Å²) in [4.78, 5) is 0. The Bertz CT molecular complexity index is 296. The van der Waals surface area contributed by atoms with Gasteiger partial charge < -0.3 is 0 Å². The molecule has 0 spiro atoms. The van der Waals surface area contributed by atoms with Crippen molar-refractivity contribution < 1.29 is 21.7 Å². The van der Waals surface area contributed by atoms with Gasteiger partial charge in [-0.2, -0.15) is 23.1 Å². The minimum Gasteiger partial charge on any atom is -0.189 e. The molecule has 2 aliphatic carbocycles. The average Bonchev–Trinajstić information content (AvgIpc) is 2.51. The summed E-state index contributed by atoms with van der Waals surface area (Å²) in [6, 6.07) is 0. The first-order chi connectivity index (χ1) is 6.79. The zero-order valence-corrected chi connectivity index (χ0v) is 11.8. The van der Waals surface area contributed by atoms with Crippen molar-refractivity contribution in [3.8, 4) is 0 Å². The first-order valence-corrected chi connectivity index (χ1v) is 6.05. The second-order valence-electron chi connectivity index (χ2n) is 4.50. The minimum absolute atomic E-state index is 0.